The molecule has 0 atom stereocenters. The predicted molar refractivity (Wildman–Crippen MR) is 71.1 cm³/mol. The third-order valence-corrected chi connectivity index (χ3v) is 2.96. The van der Waals surface area contributed by atoms with Gasteiger partial charge in [-0.15, -0.1) is 0 Å². The van der Waals surface area contributed by atoms with Gasteiger partial charge in [-0.3, -0.25) is 0 Å². The van der Waals surface area contributed by atoms with Crippen LogP contribution < -0.4 is 5.73 Å². The van der Waals surface area contributed by atoms with Gasteiger partial charge < -0.3 is 10.2 Å². The Bertz CT molecular complexity index is 688. The second-order valence-corrected chi connectivity index (χ2v) is 4.30. The van der Waals surface area contributed by atoms with Crippen molar-refractivity contribution in [2.45, 2.75) is 0 Å². The summed E-state index contributed by atoms with van der Waals surface area (Å²) in [6, 6.07) is 15.3. The van der Waals surface area contributed by atoms with Gasteiger partial charge in [0, 0.05) is 16.6 Å². The zero-order valence-electron chi connectivity index (χ0n) is 8.98. The number of furan rings is 1. The minimum absolute atomic E-state index is 0.623. The zero-order chi connectivity index (χ0) is 11.8. The molecule has 0 aliphatic heterocycles. The highest BCUT2D eigenvalue weighted by Gasteiger charge is 2.08. The number of nitrogen functional groups attached to an aromatic ring is 1. The van der Waals surface area contributed by atoms with E-state index in [0.717, 1.165) is 16.7 Å². The summed E-state index contributed by atoms with van der Waals surface area (Å²) in [6.07, 6.45) is 0. The van der Waals surface area contributed by atoms with Crippen LogP contribution >= 0.6 is 11.6 Å². The SMILES string of the molecule is Nc1cccc(-c2cc3cccc(Cl)c3o2)c1. The van der Waals surface area contributed by atoms with Crippen molar-refractivity contribution in [2.75, 3.05) is 5.73 Å². The first-order valence-corrected chi connectivity index (χ1v) is 5.66. The summed E-state index contributed by atoms with van der Waals surface area (Å²) < 4.78 is 5.75. The summed E-state index contributed by atoms with van der Waals surface area (Å²) in [4.78, 5) is 0. The van der Waals surface area contributed by atoms with Gasteiger partial charge in [0.05, 0.1) is 5.02 Å². The molecule has 17 heavy (non-hydrogen) atoms. The van der Waals surface area contributed by atoms with Gasteiger partial charge in [0.25, 0.3) is 0 Å². The Hall–Kier alpha value is -1.93. The van der Waals surface area contributed by atoms with Crippen LogP contribution in [0.3, 0.4) is 0 Å². The second kappa shape index (κ2) is 3.82. The molecule has 0 spiro atoms. The molecule has 1 aromatic heterocycles. The van der Waals surface area contributed by atoms with E-state index < -0.39 is 0 Å². The first-order chi connectivity index (χ1) is 8.24. The molecule has 3 rings (SSSR count). The van der Waals surface area contributed by atoms with Crippen molar-refractivity contribution in [1.29, 1.82) is 0 Å². The van der Waals surface area contributed by atoms with Crippen molar-refractivity contribution in [3.8, 4) is 11.3 Å². The van der Waals surface area contributed by atoms with E-state index in [9.17, 15) is 0 Å². The number of nitrogens with two attached hydrogens (primary N) is 1. The van der Waals surface area contributed by atoms with Gasteiger partial charge >= 0.3 is 0 Å². The Labute approximate surface area is 104 Å². The molecule has 0 bridgehead atoms. The summed E-state index contributed by atoms with van der Waals surface area (Å²) in [7, 11) is 0. The first-order valence-electron chi connectivity index (χ1n) is 5.28. The number of hydrogen-bond donors (Lipinski definition) is 1. The monoisotopic (exact) mass is 243 g/mol. The summed E-state index contributed by atoms with van der Waals surface area (Å²) in [5, 5.41) is 1.62. The van der Waals surface area contributed by atoms with Crippen LogP contribution in [-0.4, -0.2) is 0 Å². The van der Waals surface area contributed by atoms with Crippen molar-refractivity contribution in [3.05, 3.63) is 53.6 Å². The lowest BCUT2D eigenvalue weighted by molar-refractivity contribution is 0.632. The van der Waals surface area contributed by atoms with Crippen LogP contribution in [0.25, 0.3) is 22.3 Å². The number of rotatable bonds is 1. The molecule has 3 heteroatoms. The van der Waals surface area contributed by atoms with Crippen LogP contribution in [0.15, 0.2) is 52.9 Å². The number of anilines is 1. The lowest BCUT2D eigenvalue weighted by Crippen LogP contribution is -1.83. The number of halogens is 1. The molecule has 1 heterocycles. The standard InChI is InChI=1S/C14H10ClNO/c15-12-6-2-4-10-8-13(17-14(10)12)9-3-1-5-11(16)7-9/h1-8H,16H2. The third kappa shape index (κ3) is 1.77. The van der Waals surface area contributed by atoms with Crippen LogP contribution in [0.2, 0.25) is 5.02 Å². The average Bonchev–Trinajstić information content (AvgIpc) is 2.74. The minimum Gasteiger partial charge on any atom is -0.455 e. The van der Waals surface area contributed by atoms with Crippen LogP contribution in [0, 0.1) is 0 Å². The van der Waals surface area contributed by atoms with Gasteiger partial charge in [0.1, 0.15) is 5.76 Å². The molecule has 0 unspecified atom stereocenters. The summed E-state index contributed by atoms with van der Waals surface area (Å²) >= 11 is 6.07. The van der Waals surface area contributed by atoms with Crippen LogP contribution in [0.5, 0.6) is 0 Å². The van der Waals surface area contributed by atoms with Crippen LogP contribution in [0.1, 0.15) is 0 Å². The van der Waals surface area contributed by atoms with E-state index in [-0.39, 0.29) is 0 Å². The Morgan fingerprint density at radius 1 is 1.00 bits per heavy atom. The molecule has 0 aliphatic rings. The molecule has 2 aromatic carbocycles. The van der Waals surface area contributed by atoms with Crippen molar-refractivity contribution < 1.29 is 4.42 Å². The molecular weight excluding hydrogens is 234 g/mol. The smallest absolute Gasteiger partial charge is 0.153 e. The van der Waals surface area contributed by atoms with Gasteiger partial charge in [0.15, 0.2) is 5.58 Å². The fraction of sp³-hybridized carbons (Fsp3) is 0. The normalized spacial score (nSPS) is 10.9. The minimum atomic E-state index is 0.623. The first kappa shape index (κ1) is 10.2. The molecule has 0 saturated heterocycles. The predicted octanol–water partition coefficient (Wildman–Crippen LogP) is 4.34. The summed E-state index contributed by atoms with van der Waals surface area (Å²) in [5.74, 6) is 0.778. The lowest BCUT2D eigenvalue weighted by atomic mass is 10.1. The zero-order valence-corrected chi connectivity index (χ0v) is 9.74. The largest absolute Gasteiger partial charge is 0.455 e. The van der Waals surface area contributed by atoms with Crippen molar-refractivity contribution in [1.82, 2.24) is 0 Å². The van der Waals surface area contributed by atoms with Gasteiger partial charge in [-0.1, -0.05) is 35.9 Å². The maximum Gasteiger partial charge on any atom is 0.153 e. The van der Waals surface area contributed by atoms with E-state index in [1.807, 2.05) is 48.5 Å². The maximum atomic E-state index is 6.07. The number of fused-ring (bicyclic) bond motifs is 1. The molecule has 0 fully saturated rings. The van der Waals surface area contributed by atoms with Gasteiger partial charge in [-0.2, -0.15) is 0 Å². The molecule has 3 aromatic rings. The fourth-order valence-corrected chi connectivity index (χ4v) is 2.08. The Kier molecular flexibility index (Phi) is 2.30. The molecule has 2 N–H and O–H groups in total. The molecule has 0 radical (unpaired) electrons. The molecule has 84 valence electrons. The van der Waals surface area contributed by atoms with E-state index in [4.69, 9.17) is 21.8 Å². The number of para-hydroxylation sites is 1. The highest BCUT2D eigenvalue weighted by Crippen LogP contribution is 2.32. The van der Waals surface area contributed by atoms with E-state index in [1.54, 1.807) is 0 Å². The lowest BCUT2D eigenvalue weighted by Gasteiger charge is -1.97. The van der Waals surface area contributed by atoms with E-state index in [0.29, 0.717) is 16.3 Å². The Morgan fingerprint density at radius 2 is 1.82 bits per heavy atom. The maximum absolute atomic E-state index is 6.07. The van der Waals surface area contributed by atoms with E-state index in [1.165, 1.54) is 0 Å². The fourth-order valence-electron chi connectivity index (χ4n) is 1.86. The quantitative estimate of drug-likeness (QED) is 0.646. The van der Waals surface area contributed by atoms with Gasteiger partial charge in [0.2, 0.25) is 0 Å². The highest BCUT2D eigenvalue weighted by atomic mass is 35.5. The summed E-state index contributed by atoms with van der Waals surface area (Å²) in [6.45, 7) is 0. The van der Waals surface area contributed by atoms with Crippen molar-refractivity contribution in [3.63, 3.8) is 0 Å². The number of benzene rings is 2. The molecule has 0 amide bonds. The van der Waals surface area contributed by atoms with Gasteiger partial charge in [-0.05, 0) is 24.3 Å². The van der Waals surface area contributed by atoms with E-state index in [2.05, 4.69) is 0 Å². The summed E-state index contributed by atoms with van der Waals surface area (Å²) in [5.41, 5.74) is 8.14. The topological polar surface area (TPSA) is 39.2 Å². The average molecular weight is 244 g/mol. The second-order valence-electron chi connectivity index (χ2n) is 3.89. The van der Waals surface area contributed by atoms with Crippen LogP contribution in [0.4, 0.5) is 5.69 Å². The Balaban J connectivity index is 2.22. The van der Waals surface area contributed by atoms with Crippen molar-refractivity contribution >= 4 is 28.3 Å². The molecule has 2 nitrogen and oxygen atoms in total. The third-order valence-electron chi connectivity index (χ3n) is 2.67. The van der Waals surface area contributed by atoms with Crippen LogP contribution in [-0.2, 0) is 0 Å². The molecule has 0 aliphatic carbocycles. The molecule has 0 saturated carbocycles. The Morgan fingerprint density at radius 3 is 2.59 bits per heavy atom. The highest BCUT2D eigenvalue weighted by molar-refractivity contribution is 6.34. The van der Waals surface area contributed by atoms with E-state index >= 15 is 0 Å². The van der Waals surface area contributed by atoms with Gasteiger partial charge in [-0.25, -0.2) is 0 Å². The molecular formula is C14H10ClNO. The van der Waals surface area contributed by atoms with Crippen molar-refractivity contribution in [2.24, 2.45) is 0 Å². The number of hydrogen-bond acceptors (Lipinski definition) is 2.